The Kier molecular flexibility index (Phi) is 2.64. The highest BCUT2D eigenvalue weighted by molar-refractivity contribution is 5.42. The van der Waals surface area contributed by atoms with Gasteiger partial charge in [0, 0.05) is 5.48 Å². The van der Waals surface area contributed by atoms with Crippen LogP contribution in [0.3, 0.4) is 0 Å². The zero-order chi connectivity index (χ0) is 18.8. The molecule has 21 heavy (non-hydrogen) atoms. The summed E-state index contributed by atoms with van der Waals surface area (Å²) in [6.07, 6.45) is -1.23. The summed E-state index contributed by atoms with van der Waals surface area (Å²) in [7, 11) is 0. The van der Waals surface area contributed by atoms with Crippen molar-refractivity contribution in [1.29, 1.82) is 0 Å². The number of hydrogen-bond donors (Lipinski definition) is 1. The lowest BCUT2D eigenvalue weighted by atomic mass is 9.50. The minimum Gasteiger partial charge on any atom is -0.330 e. The largest absolute Gasteiger partial charge is 0.330 e. The quantitative estimate of drug-likeness (QED) is 0.833. The first-order valence-electron chi connectivity index (χ1n) is 10.3. The third kappa shape index (κ3) is 2.25. The van der Waals surface area contributed by atoms with Crippen LogP contribution in [0.15, 0.2) is 18.2 Å². The molecule has 1 heteroatoms. The van der Waals surface area contributed by atoms with Gasteiger partial charge in [-0.15, -0.1) is 0 Å². The molecule has 0 spiro atoms. The average Bonchev–Trinajstić information content (AvgIpc) is 2.52. The van der Waals surface area contributed by atoms with E-state index < -0.39 is 24.1 Å². The first kappa shape index (κ1) is 10.8. The molecule has 2 aliphatic rings. The molecule has 3 atom stereocenters. The van der Waals surface area contributed by atoms with Crippen LogP contribution < -0.4 is 5.73 Å². The van der Waals surface area contributed by atoms with Gasteiger partial charge in [0.05, 0.1) is 0 Å². The number of nitrogens with two attached hydrogens (primary N) is 1. The van der Waals surface area contributed by atoms with E-state index in [0.29, 0.717) is 12.1 Å². The molecule has 0 saturated heterocycles. The molecule has 2 aliphatic carbocycles. The van der Waals surface area contributed by atoms with Crippen LogP contribution >= 0.6 is 0 Å². The molecule has 0 unspecified atom stereocenters. The predicted octanol–water partition coefficient (Wildman–Crippen LogP) is 4.78. The van der Waals surface area contributed by atoms with E-state index in [4.69, 9.17) is 11.2 Å². The summed E-state index contributed by atoms with van der Waals surface area (Å²) in [4.78, 5) is 0. The zero-order valence-electron chi connectivity index (χ0n) is 17.8. The Balaban J connectivity index is 2.32. The number of aryl methyl sites for hydroxylation is 1. The van der Waals surface area contributed by atoms with Gasteiger partial charge in [-0.1, -0.05) is 52.3 Å². The van der Waals surface area contributed by atoms with E-state index in [1.54, 1.807) is 0 Å². The molecule has 1 aromatic carbocycles. The van der Waals surface area contributed by atoms with Crippen LogP contribution in [0.2, 0.25) is 0 Å². The lowest BCUT2D eigenvalue weighted by Crippen LogP contribution is -2.51. The fraction of sp³-hybridized carbons (Fsp3) is 0.700. The molecule has 0 bridgehead atoms. The molecule has 2 N–H and O–H groups in total. The van der Waals surface area contributed by atoms with Crippen molar-refractivity contribution in [2.75, 3.05) is 6.54 Å². The second kappa shape index (κ2) is 5.12. The lowest BCUT2D eigenvalue weighted by molar-refractivity contribution is 0.0326. The van der Waals surface area contributed by atoms with Crippen molar-refractivity contribution >= 4 is 0 Å². The molecule has 1 nitrogen and oxygen atoms in total. The van der Waals surface area contributed by atoms with Crippen molar-refractivity contribution < 1.29 is 5.48 Å². The monoisotopic (exact) mass is 289 g/mol. The van der Waals surface area contributed by atoms with Crippen molar-refractivity contribution in [3.05, 3.63) is 34.9 Å². The van der Waals surface area contributed by atoms with E-state index in [0.717, 1.165) is 30.4 Å². The maximum atomic E-state index is 8.88. The van der Waals surface area contributed by atoms with Gasteiger partial charge in [-0.05, 0) is 71.5 Å². The average molecular weight is 289 g/mol. The van der Waals surface area contributed by atoms with Crippen LogP contribution in [0, 0.1) is 11.3 Å². The normalized spacial score (nSPS) is 43.0. The molecular formula is C20H31N. The highest BCUT2D eigenvalue weighted by Crippen LogP contribution is 2.56. The van der Waals surface area contributed by atoms with Gasteiger partial charge in [-0.2, -0.15) is 0 Å². The molecule has 116 valence electrons. The first-order valence-corrected chi connectivity index (χ1v) is 8.27. The van der Waals surface area contributed by atoms with Crippen LogP contribution in [0.5, 0.6) is 0 Å². The molecular weight excluding hydrogens is 254 g/mol. The van der Waals surface area contributed by atoms with Crippen molar-refractivity contribution in [2.45, 2.75) is 71.0 Å². The van der Waals surface area contributed by atoms with E-state index in [1.165, 1.54) is 0 Å². The molecule has 1 saturated carbocycles. The van der Waals surface area contributed by atoms with Crippen molar-refractivity contribution in [3.63, 3.8) is 0 Å². The van der Waals surface area contributed by atoms with Crippen LogP contribution in [0.25, 0.3) is 0 Å². The zero-order valence-corrected chi connectivity index (χ0v) is 13.8. The van der Waals surface area contributed by atoms with Crippen molar-refractivity contribution in [3.8, 4) is 0 Å². The summed E-state index contributed by atoms with van der Waals surface area (Å²) in [5.74, 6) is -0.142. The number of rotatable bonds is 2. The number of hydrogen-bond acceptors (Lipinski definition) is 1. The van der Waals surface area contributed by atoms with E-state index >= 15 is 0 Å². The van der Waals surface area contributed by atoms with Gasteiger partial charge in [0.15, 0.2) is 0 Å². The minimum atomic E-state index is -2.02. The third-order valence-corrected chi connectivity index (χ3v) is 5.92. The Morgan fingerprint density at radius 3 is 2.76 bits per heavy atom. The van der Waals surface area contributed by atoms with E-state index in [-0.39, 0.29) is 11.3 Å². The second-order valence-electron chi connectivity index (χ2n) is 7.79. The Morgan fingerprint density at radius 2 is 2.10 bits per heavy atom. The number of benzene rings is 1. The smallest absolute Gasteiger partial charge is 0.0316 e. The summed E-state index contributed by atoms with van der Waals surface area (Å²) < 4.78 is 35.3. The SMILES string of the molecule is [2H]C1([2H])c2cc(C(C)C)ccc2[C@]2(C)CCC[C@](C)(CN)[C@H]2C1([2H])[2H]. The van der Waals surface area contributed by atoms with Crippen molar-refractivity contribution in [2.24, 2.45) is 17.1 Å². The van der Waals surface area contributed by atoms with Gasteiger partial charge in [0.2, 0.25) is 0 Å². The summed E-state index contributed by atoms with van der Waals surface area (Å²) in [6, 6.07) is 6.07. The maximum Gasteiger partial charge on any atom is 0.0316 e. The number of fused-ring (bicyclic) bond motifs is 3. The molecule has 0 aliphatic heterocycles. The van der Waals surface area contributed by atoms with E-state index in [9.17, 15) is 0 Å². The highest BCUT2D eigenvalue weighted by Gasteiger charge is 2.50. The molecule has 1 fully saturated rings. The summed E-state index contributed by atoms with van der Waals surface area (Å²) in [5, 5.41) is 0. The summed E-state index contributed by atoms with van der Waals surface area (Å²) in [6.45, 7) is 8.75. The topological polar surface area (TPSA) is 26.0 Å². The first-order chi connectivity index (χ1) is 11.4. The van der Waals surface area contributed by atoms with Crippen LogP contribution in [0.1, 0.15) is 81.4 Å². The molecule has 3 rings (SSSR count). The van der Waals surface area contributed by atoms with Gasteiger partial charge >= 0.3 is 0 Å². The van der Waals surface area contributed by atoms with Crippen molar-refractivity contribution in [1.82, 2.24) is 0 Å². The standard InChI is InChI=1S/C20H31N/c1-14(2)15-6-8-17-16(12-15)7-9-18-19(3,13-21)10-5-11-20(17,18)4/h6,8,12,14,18H,5,7,9-11,13,21H2,1-4H3/t18-,19-,20+/m1/s1/i7D2,9D2. The third-order valence-electron chi connectivity index (χ3n) is 5.92. The summed E-state index contributed by atoms with van der Waals surface area (Å²) >= 11 is 0. The van der Waals surface area contributed by atoms with E-state index in [2.05, 4.69) is 39.8 Å². The maximum absolute atomic E-state index is 8.88. The molecule has 0 radical (unpaired) electrons. The Bertz CT molecular complexity index is 684. The van der Waals surface area contributed by atoms with Crippen LogP contribution in [-0.4, -0.2) is 6.54 Å². The lowest BCUT2D eigenvalue weighted by Gasteiger charge is -2.55. The molecule has 0 amide bonds. The van der Waals surface area contributed by atoms with Gasteiger partial charge in [-0.3, -0.25) is 0 Å². The van der Waals surface area contributed by atoms with Gasteiger partial charge in [0.25, 0.3) is 0 Å². The Labute approximate surface area is 135 Å². The fourth-order valence-corrected chi connectivity index (χ4v) is 4.43. The molecule has 0 aromatic heterocycles. The minimum absolute atomic E-state index is 0.290. The van der Waals surface area contributed by atoms with E-state index in [1.807, 2.05) is 6.07 Å². The highest BCUT2D eigenvalue weighted by atomic mass is 14.7. The molecule has 0 heterocycles. The summed E-state index contributed by atoms with van der Waals surface area (Å²) in [5.41, 5.74) is 7.93. The molecule has 1 aromatic rings. The Hall–Kier alpha value is -0.820. The predicted molar refractivity (Wildman–Crippen MR) is 90.7 cm³/mol. The van der Waals surface area contributed by atoms with Crippen LogP contribution in [0.4, 0.5) is 0 Å². The van der Waals surface area contributed by atoms with Gasteiger partial charge < -0.3 is 5.73 Å². The van der Waals surface area contributed by atoms with Gasteiger partial charge in [-0.25, -0.2) is 0 Å². The van der Waals surface area contributed by atoms with Gasteiger partial charge in [0.1, 0.15) is 0 Å². The Morgan fingerprint density at radius 1 is 1.33 bits per heavy atom. The van der Waals surface area contributed by atoms with Crippen LogP contribution in [-0.2, 0) is 11.8 Å². The second-order valence-corrected chi connectivity index (χ2v) is 7.79. The fourth-order valence-electron chi connectivity index (χ4n) is 4.43.